The third-order valence-corrected chi connectivity index (χ3v) is 5.13. The van der Waals surface area contributed by atoms with Crippen molar-refractivity contribution in [2.24, 2.45) is 11.8 Å². The molecule has 7 nitrogen and oxygen atoms in total. The lowest BCUT2D eigenvalue weighted by Gasteiger charge is -2.35. The summed E-state index contributed by atoms with van der Waals surface area (Å²) >= 11 is 0. The number of aliphatic hydroxyl groups excluding tert-OH is 1. The van der Waals surface area contributed by atoms with Crippen LogP contribution in [0.4, 0.5) is 0 Å². The van der Waals surface area contributed by atoms with E-state index in [1.54, 1.807) is 0 Å². The van der Waals surface area contributed by atoms with E-state index in [9.17, 15) is 9.90 Å². The maximum Gasteiger partial charge on any atom is 0.273 e. The lowest BCUT2D eigenvalue weighted by atomic mass is 10.1. The molecule has 1 saturated heterocycles. The number of oxazole rings is 1. The second-order valence-corrected chi connectivity index (χ2v) is 7.74. The Morgan fingerprint density at radius 2 is 1.92 bits per heavy atom. The van der Waals surface area contributed by atoms with Crippen molar-refractivity contribution in [2.75, 3.05) is 39.3 Å². The van der Waals surface area contributed by atoms with Gasteiger partial charge in [0, 0.05) is 39.3 Å². The highest BCUT2D eigenvalue weighted by atomic mass is 16.3. The number of aliphatic hydroxyl groups is 1. The van der Waals surface area contributed by atoms with E-state index in [-0.39, 0.29) is 17.9 Å². The molecule has 0 aliphatic carbocycles. The molecule has 1 amide bonds. The van der Waals surface area contributed by atoms with E-state index in [0.29, 0.717) is 30.6 Å². The van der Waals surface area contributed by atoms with Gasteiger partial charge in [-0.15, -0.1) is 0 Å². The van der Waals surface area contributed by atoms with E-state index in [0.717, 1.165) is 39.1 Å². The molecule has 2 N–H and O–H groups in total. The van der Waals surface area contributed by atoms with Crippen LogP contribution < -0.4 is 5.32 Å². The number of carbonyl (C=O) groups is 1. The van der Waals surface area contributed by atoms with Gasteiger partial charge in [0.15, 0.2) is 5.69 Å². The summed E-state index contributed by atoms with van der Waals surface area (Å²) in [6.07, 6.45) is 2.20. The van der Waals surface area contributed by atoms with Crippen LogP contribution in [0.25, 0.3) is 0 Å². The summed E-state index contributed by atoms with van der Waals surface area (Å²) in [5, 5.41) is 12.9. The van der Waals surface area contributed by atoms with Gasteiger partial charge in [0.25, 0.3) is 5.91 Å². The molecule has 0 bridgehead atoms. The van der Waals surface area contributed by atoms with Gasteiger partial charge >= 0.3 is 0 Å². The SMILES string of the molecule is CC[C@@H](C)CNC(=O)c1coc(CN2CCN(C[C@@H](O)C(C)C)CC2)n1. The van der Waals surface area contributed by atoms with Crippen LogP contribution >= 0.6 is 0 Å². The molecule has 7 heteroatoms. The summed E-state index contributed by atoms with van der Waals surface area (Å²) in [5.74, 6) is 1.14. The Kier molecular flexibility index (Phi) is 8.06. The van der Waals surface area contributed by atoms with E-state index in [4.69, 9.17) is 4.42 Å². The van der Waals surface area contributed by atoms with Gasteiger partial charge in [0.1, 0.15) is 6.26 Å². The number of nitrogens with zero attached hydrogens (tertiary/aromatic N) is 3. The number of carbonyl (C=O) groups excluding carboxylic acids is 1. The smallest absolute Gasteiger partial charge is 0.273 e. The number of β-amino-alcohol motifs (C(OH)–C–C–N with tert-alkyl or cyclic N) is 1. The Labute approximate surface area is 156 Å². The normalized spacial score (nSPS) is 18.8. The molecule has 1 aliphatic heterocycles. The van der Waals surface area contributed by atoms with Crippen molar-refractivity contribution in [3.05, 3.63) is 17.8 Å². The molecule has 0 saturated carbocycles. The maximum absolute atomic E-state index is 12.1. The van der Waals surface area contributed by atoms with Crippen molar-refractivity contribution in [3.63, 3.8) is 0 Å². The van der Waals surface area contributed by atoms with Gasteiger partial charge < -0.3 is 14.8 Å². The van der Waals surface area contributed by atoms with Gasteiger partial charge in [0.05, 0.1) is 12.6 Å². The van der Waals surface area contributed by atoms with Crippen molar-refractivity contribution >= 4 is 5.91 Å². The Hall–Kier alpha value is -1.44. The fourth-order valence-corrected chi connectivity index (χ4v) is 2.79. The zero-order valence-electron chi connectivity index (χ0n) is 16.6. The molecule has 0 aromatic carbocycles. The van der Waals surface area contributed by atoms with E-state index in [1.165, 1.54) is 6.26 Å². The molecular formula is C19H34N4O3. The Morgan fingerprint density at radius 3 is 2.54 bits per heavy atom. The van der Waals surface area contributed by atoms with Crippen molar-refractivity contribution in [1.82, 2.24) is 20.1 Å². The molecular weight excluding hydrogens is 332 g/mol. The number of amides is 1. The van der Waals surface area contributed by atoms with Gasteiger partial charge in [-0.05, 0) is 11.8 Å². The summed E-state index contributed by atoms with van der Waals surface area (Å²) < 4.78 is 5.48. The fraction of sp³-hybridized carbons (Fsp3) is 0.789. The molecule has 1 fully saturated rings. The average Bonchev–Trinajstić information content (AvgIpc) is 3.09. The molecule has 2 atom stereocenters. The zero-order chi connectivity index (χ0) is 19.1. The van der Waals surface area contributed by atoms with E-state index < -0.39 is 0 Å². The second-order valence-electron chi connectivity index (χ2n) is 7.74. The predicted octanol–water partition coefficient (Wildman–Crippen LogP) is 1.58. The molecule has 1 aromatic rings. The Balaban J connectivity index is 1.75. The summed E-state index contributed by atoms with van der Waals surface area (Å²) in [4.78, 5) is 21.0. The standard InChI is InChI=1S/C19H34N4O3/c1-5-15(4)10-20-19(25)16-13-26-18(21-16)12-23-8-6-22(7-9-23)11-17(24)14(2)3/h13-15,17,24H,5-12H2,1-4H3,(H,20,25)/t15-,17-/m1/s1. The van der Waals surface area contributed by atoms with Crippen molar-refractivity contribution in [1.29, 1.82) is 0 Å². The van der Waals surface area contributed by atoms with Crippen LogP contribution in [-0.4, -0.2) is 71.2 Å². The van der Waals surface area contributed by atoms with E-state index >= 15 is 0 Å². The molecule has 0 spiro atoms. The third-order valence-electron chi connectivity index (χ3n) is 5.13. The molecule has 2 heterocycles. The predicted molar refractivity (Wildman–Crippen MR) is 101 cm³/mol. The minimum Gasteiger partial charge on any atom is -0.447 e. The van der Waals surface area contributed by atoms with Crippen molar-refractivity contribution in [3.8, 4) is 0 Å². The number of hydrogen-bond donors (Lipinski definition) is 2. The Morgan fingerprint density at radius 1 is 1.27 bits per heavy atom. The van der Waals surface area contributed by atoms with Gasteiger partial charge in [-0.2, -0.15) is 0 Å². The van der Waals surface area contributed by atoms with Crippen LogP contribution in [0.3, 0.4) is 0 Å². The first-order chi connectivity index (χ1) is 12.4. The molecule has 148 valence electrons. The summed E-state index contributed by atoms with van der Waals surface area (Å²) in [6.45, 7) is 13.9. The van der Waals surface area contributed by atoms with Crippen LogP contribution in [0.5, 0.6) is 0 Å². The molecule has 0 unspecified atom stereocenters. The van der Waals surface area contributed by atoms with Crippen LogP contribution in [0.2, 0.25) is 0 Å². The van der Waals surface area contributed by atoms with Gasteiger partial charge in [-0.25, -0.2) is 4.98 Å². The molecule has 2 rings (SSSR count). The lowest BCUT2D eigenvalue weighted by Crippen LogP contribution is -2.48. The van der Waals surface area contributed by atoms with Crippen LogP contribution in [0, 0.1) is 11.8 Å². The summed E-state index contributed by atoms with van der Waals surface area (Å²) in [5.41, 5.74) is 0.349. The number of aromatic nitrogens is 1. The number of rotatable bonds is 9. The highest BCUT2D eigenvalue weighted by molar-refractivity contribution is 5.91. The van der Waals surface area contributed by atoms with Gasteiger partial charge in [0.2, 0.25) is 5.89 Å². The fourth-order valence-electron chi connectivity index (χ4n) is 2.79. The largest absolute Gasteiger partial charge is 0.447 e. The minimum absolute atomic E-state index is 0.173. The number of nitrogens with one attached hydrogen (secondary N) is 1. The van der Waals surface area contributed by atoms with Crippen molar-refractivity contribution in [2.45, 2.75) is 46.8 Å². The first kappa shape index (κ1) is 20.9. The summed E-state index contributed by atoms with van der Waals surface area (Å²) in [7, 11) is 0. The second kappa shape index (κ2) is 10.0. The molecule has 1 aliphatic rings. The highest BCUT2D eigenvalue weighted by Gasteiger charge is 2.22. The third kappa shape index (κ3) is 6.37. The number of piperazine rings is 1. The van der Waals surface area contributed by atoms with Crippen molar-refractivity contribution < 1.29 is 14.3 Å². The van der Waals surface area contributed by atoms with E-state index in [1.807, 2.05) is 13.8 Å². The molecule has 26 heavy (non-hydrogen) atoms. The maximum atomic E-state index is 12.1. The average molecular weight is 367 g/mol. The molecule has 0 radical (unpaired) electrons. The van der Waals surface area contributed by atoms with Crippen LogP contribution in [0.1, 0.15) is 50.5 Å². The lowest BCUT2D eigenvalue weighted by molar-refractivity contribution is 0.0463. The monoisotopic (exact) mass is 366 g/mol. The van der Waals surface area contributed by atoms with Crippen LogP contribution in [0.15, 0.2) is 10.7 Å². The highest BCUT2D eigenvalue weighted by Crippen LogP contribution is 2.11. The summed E-state index contributed by atoms with van der Waals surface area (Å²) in [6, 6.07) is 0. The first-order valence-electron chi connectivity index (χ1n) is 9.74. The van der Waals surface area contributed by atoms with Gasteiger partial charge in [-0.3, -0.25) is 14.6 Å². The topological polar surface area (TPSA) is 81.8 Å². The molecule has 1 aromatic heterocycles. The van der Waals surface area contributed by atoms with Gasteiger partial charge in [-0.1, -0.05) is 34.1 Å². The minimum atomic E-state index is -0.273. The zero-order valence-corrected chi connectivity index (χ0v) is 16.6. The van der Waals surface area contributed by atoms with Crippen LogP contribution in [-0.2, 0) is 6.54 Å². The quantitative estimate of drug-likeness (QED) is 0.691. The van der Waals surface area contributed by atoms with E-state index in [2.05, 4.69) is 33.9 Å². The first-order valence-corrected chi connectivity index (χ1v) is 9.74. The number of hydrogen-bond acceptors (Lipinski definition) is 6. The Bertz CT molecular complexity index is 553.